The van der Waals surface area contributed by atoms with Crippen molar-refractivity contribution in [3.8, 4) is 6.07 Å². The first kappa shape index (κ1) is 21.0. The molecular formula is C22H25N3O3S. The van der Waals surface area contributed by atoms with Crippen molar-refractivity contribution in [1.82, 2.24) is 9.21 Å². The number of amides is 1. The lowest BCUT2D eigenvalue weighted by Gasteiger charge is -2.34. The monoisotopic (exact) mass is 411 g/mol. The Kier molecular flexibility index (Phi) is 6.36. The summed E-state index contributed by atoms with van der Waals surface area (Å²) in [6.45, 7) is 5.36. The van der Waals surface area contributed by atoms with Crippen LogP contribution >= 0.6 is 0 Å². The van der Waals surface area contributed by atoms with Gasteiger partial charge in [-0.1, -0.05) is 32.0 Å². The first-order valence-corrected chi connectivity index (χ1v) is 11.2. The number of hydrogen-bond acceptors (Lipinski definition) is 4. The minimum absolute atomic E-state index is 0.183. The summed E-state index contributed by atoms with van der Waals surface area (Å²) in [6.07, 6.45) is 0.999. The van der Waals surface area contributed by atoms with Crippen LogP contribution in [0.3, 0.4) is 0 Å². The molecule has 0 unspecified atom stereocenters. The predicted molar refractivity (Wildman–Crippen MR) is 111 cm³/mol. The van der Waals surface area contributed by atoms with Crippen molar-refractivity contribution < 1.29 is 13.2 Å². The molecule has 1 atom stereocenters. The molecule has 1 aliphatic rings. The molecule has 0 bridgehead atoms. The van der Waals surface area contributed by atoms with E-state index < -0.39 is 10.0 Å². The summed E-state index contributed by atoms with van der Waals surface area (Å²) in [7, 11) is -3.58. The quantitative estimate of drug-likeness (QED) is 0.756. The molecule has 0 saturated carbocycles. The lowest BCUT2D eigenvalue weighted by atomic mass is 9.99. The van der Waals surface area contributed by atoms with Gasteiger partial charge in [0, 0.05) is 31.7 Å². The van der Waals surface area contributed by atoms with E-state index in [-0.39, 0.29) is 23.9 Å². The topological polar surface area (TPSA) is 81.5 Å². The van der Waals surface area contributed by atoms with Crippen LogP contribution < -0.4 is 0 Å². The zero-order valence-electron chi connectivity index (χ0n) is 16.7. The van der Waals surface area contributed by atoms with Crippen LogP contribution in [0.5, 0.6) is 0 Å². The Morgan fingerprint density at radius 3 is 2.34 bits per heavy atom. The maximum absolute atomic E-state index is 13.0. The van der Waals surface area contributed by atoms with Crippen molar-refractivity contribution in [1.29, 1.82) is 5.26 Å². The Morgan fingerprint density at radius 2 is 1.76 bits per heavy atom. The van der Waals surface area contributed by atoms with Gasteiger partial charge in [0.15, 0.2) is 0 Å². The molecule has 0 N–H and O–H groups in total. The van der Waals surface area contributed by atoms with Gasteiger partial charge in [0.2, 0.25) is 10.0 Å². The summed E-state index contributed by atoms with van der Waals surface area (Å²) in [5, 5.41) is 9.00. The second-order valence-electron chi connectivity index (χ2n) is 7.27. The van der Waals surface area contributed by atoms with Gasteiger partial charge in [0.1, 0.15) is 0 Å². The number of carbonyl (C=O) groups excluding carboxylic acids is 1. The third-order valence-corrected chi connectivity index (χ3v) is 7.38. The molecule has 1 aliphatic heterocycles. The normalized spacial score (nSPS) is 16.2. The largest absolute Gasteiger partial charge is 0.336 e. The van der Waals surface area contributed by atoms with Crippen LogP contribution in [0, 0.1) is 11.3 Å². The first-order chi connectivity index (χ1) is 13.9. The van der Waals surface area contributed by atoms with E-state index in [0.29, 0.717) is 30.1 Å². The molecule has 1 heterocycles. The van der Waals surface area contributed by atoms with Crippen molar-refractivity contribution in [3.05, 3.63) is 65.2 Å². The average molecular weight is 412 g/mol. The van der Waals surface area contributed by atoms with Crippen molar-refractivity contribution >= 4 is 15.9 Å². The Hall–Kier alpha value is -2.69. The standard InChI is InChI=1S/C22H25N3O3S/c1-3-17(2)19-7-9-21(10-8-19)29(27,28)25-13-11-24(12-14-25)22(26)20-6-4-5-18(15-20)16-23/h4-10,15,17H,3,11-14H2,1-2H3/t17-/m0/s1. The predicted octanol–water partition coefficient (Wildman–Crippen LogP) is 3.22. The van der Waals surface area contributed by atoms with Crippen molar-refractivity contribution in [2.24, 2.45) is 0 Å². The highest BCUT2D eigenvalue weighted by Gasteiger charge is 2.30. The van der Waals surface area contributed by atoms with Crippen LogP contribution in [-0.4, -0.2) is 49.7 Å². The van der Waals surface area contributed by atoms with Crippen LogP contribution in [0.4, 0.5) is 0 Å². The van der Waals surface area contributed by atoms with Gasteiger partial charge in [-0.3, -0.25) is 4.79 Å². The Morgan fingerprint density at radius 1 is 1.10 bits per heavy atom. The van der Waals surface area contributed by atoms with Gasteiger partial charge in [0.25, 0.3) is 5.91 Å². The van der Waals surface area contributed by atoms with Gasteiger partial charge in [0.05, 0.1) is 16.5 Å². The maximum atomic E-state index is 13.0. The number of hydrogen-bond donors (Lipinski definition) is 0. The molecule has 3 rings (SSSR count). The van der Waals surface area contributed by atoms with Gasteiger partial charge >= 0.3 is 0 Å². The number of carbonyl (C=O) groups is 1. The van der Waals surface area contributed by atoms with E-state index in [0.717, 1.165) is 12.0 Å². The summed E-state index contributed by atoms with van der Waals surface area (Å²) >= 11 is 0. The fourth-order valence-electron chi connectivity index (χ4n) is 3.39. The average Bonchev–Trinajstić information content (AvgIpc) is 2.78. The van der Waals surface area contributed by atoms with Crippen LogP contribution in [0.1, 0.15) is 47.7 Å². The second-order valence-corrected chi connectivity index (χ2v) is 9.21. The molecule has 0 aromatic heterocycles. The van der Waals surface area contributed by atoms with Crippen molar-refractivity contribution in [3.63, 3.8) is 0 Å². The number of piperazine rings is 1. The summed E-state index contributed by atoms with van der Waals surface area (Å²) in [4.78, 5) is 14.6. The third-order valence-electron chi connectivity index (χ3n) is 5.46. The summed E-state index contributed by atoms with van der Waals surface area (Å²) in [6, 6.07) is 15.7. The Bertz CT molecular complexity index is 1020. The maximum Gasteiger partial charge on any atom is 0.253 e. The molecule has 29 heavy (non-hydrogen) atoms. The second kappa shape index (κ2) is 8.76. The van der Waals surface area contributed by atoms with Gasteiger partial charge < -0.3 is 4.90 Å². The lowest BCUT2D eigenvalue weighted by molar-refractivity contribution is 0.0698. The molecule has 0 radical (unpaired) electrons. The number of rotatable bonds is 5. The molecule has 7 heteroatoms. The summed E-state index contributed by atoms with van der Waals surface area (Å²) in [5.41, 5.74) is 2.00. The smallest absolute Gasteiger partial charge is 0.253 e. The van der Waals surface area contributed by atoms with Crippen molar-refractivity contribution in [2.45, 2.75) is 31.1 Å². The highest BCUT2D eigenvalue weighted by atomic mass is 32.2. The zero-order valence-corrected chi connectivity index (χ0v) is 17.5. The fraction of sp³-hybridized carbons (Fsp3) is 0.364. The number of benzene rings is 2. The van der Waals surface area contributed by atoms with E-state index >= 15 is 0 Å². The van der Waals surface area contributed by atoms with Gasteiger partial charge in [-0.05, 0) is 48.2 Å². The molecule has 0 spiro atoms. The SMILES string of the molecule is CC[C@H](C)c1ccc(S(=O)(=O)N2CCN(C(=O)c3cccc(C#N)c3)CC2)cc1. The van der Waals surface area contributed by atoms with E-state index in [1.807, 2.05) is 18.2 Å². The Balaban J connectivity index is 1.68. The summed E-state index contributed by atoms with van der Waals surface area (Å²) < 4.78 is 27.3. The molecule has 1 amide bonds. The molecule has 1 fully saturated rings. The van der Waals surface area contributed by atoms with Gasteiger partial charge in [-0.2, -0.15) is 9.57 Å². The summed E-state index contributed by atoms with van der Waals surface area (Å²) in [5.74, 6) is 0.206. The molecule has 2 aromatic carbocycles. The highest BCUT2D eigenvalue weighted by molar-refractivity contribution is 7.89. The van der Waals surface area contributed by atoms with E-state index in [2.05, 4.69) is 13.8 Å². The van der Waals surface area contributed by atoms with Gasteiger partial charge in [-0.25, -0.2) is 8.42 Å². The van der Waals surface area contributed by atoms with E-state index in [1.165, 1.54) is 4.31 Å². The third kappa shape index (κ3) is 4.50. The molecular weight excluding hydrogens is 386 g/mol. The molecule has 152 valence electrons. The molecule has 1 saturated heterocycles. The lowest BCUT2D eigenvalue weighted by Crippen LogP contribution is -2.50. The van der Waals surface area contributed by atoms with E-state index in [9.17, 15) is 13.2 Å². The highest BCUT2D eigenvalue weighted by Crippen LogP contribution is 2.23. The number of sulfonamides is 1. The van der Waals surface area contributed by atoms with Gasteiger partial charge in [-0.15, -0.1) is 0 Å². The van der Waals surface area contributed by atoms with Crippen molar-refractivity contribution in [2.75, 3.05) is 26.2 Å². The minimum atomic E-state index is -3.58. The zero-order chi connectivity index (χ0) is 21.0. The number of nitrogens with zero attached hydrogens (tertiary/aromatic N) is 3. The molecule has 2 aromatic rings. The Labute approximate surface area is 172 Å². The van der Waals surface area contributed by atoms with Crippen LogP contribution in [0.25, 0.3) is 0 Å². The molecule has 0 aliphatic carbocycles. The van der Waals surface area contributed by atoms with Crippen LogP contribution in [-0.2, 0) is 10.0 Å². The fourth-order valence-corrected chi connectivity index (χ4v) is 4.81. The first-order valence-electron chi connectivity index (χ1n) is 9.76. The van der Waals surface area contributed by atoms with E-state index in [1.54, 1.807) is 41.3 Å². The van der Waals surface area contributed by atoms with Crippen LogP contribution in [0.2, 0.25) is 0 Å². The van der Waals surface area contributed by atoms with Crippen LogP contribution in [0.15, 0.2) is 53.4 Å². The number of nitriles is 1. The minimum Gasteiger partial charge on any atom is -0.336 e. The van der Waals surface area contributed by atoms with E-state index in [4.69, 9.17) is 5.26 Å². The molecule has 6 nitrogen and oxygen atoms in total.